The van der Waals surface area contributed by atoms with Crippen molar-refractivity contribution in [2.45, 2.75) is 53.6 Å². The van der Waals surface area contributed by atoms with E-state index in [-0.39, 0.29) is 12.4 Å². The molecule has 2 aliphatic rings. The van der Waals surface area contributed by atoms with E-state index in [2.05, 4.69) is 6.07 Å². The molecular formula is C27H27NO5S. The van der Waals surface area contributed by atoms with E-state index in [9.17, 15) is 9.90 Å². The standard InChI is InChI=1S/C27H27NO5S/c1-31-18-4-3-5-21(14-18)34-27-22(10-8-20-12-17(29)13-25(30)33-20)26(16-6-7-16)28-24-11-9-19(32-2)15-23(24)27/h3-5,8-11,14-17,20,29H,6-7,12-13H2,1-2H3/b10-8+/t17-,20-/m1/s1. The number of hydrogen-bond donors (Lipinski definition) is 1. The number of methoxy groups -OCH3 is 2. The van der Waals surface area contributed by atoms with E-state index >= 15 is 0 Å². The molecule has 2 fully saturated rings. The first kappa shape index (κ1) is 22.7. The molecule has 2 aromatic carbocycles. The summed E-state index contributed by atoms with van der Waals surface area (Å²) in [5.74, 6) is 1.60. The molecule has 2 heterocycles. The van der Waals surface area contributed by atoms with E-state index < -0.39 is 12.2 Å². The number of benzene rings is 2. The molecule has 5 rings (SSSR count). The predicted molar refractivity (Wildman–Crippen MR) is 132 cm³/mol. The molecule has 1 N–H and O–H groups in total. The molecule has 1 aliphatic heterocycles. The van der Waals surface area contributed by atoms with Crippen molar-refractivity contribution in [3.63, 3.8) is 0 Å². The van der Waals surface area contributed by atoms with Gasteiger partial charge in [0.05, 0.1) is 38.0 Å². The van der Waals surface area contributed by atoms with Crippen LogP contribution >= 0.6 is 11.8 Å². The summed E-state index contributed by atoms with van der Waals surface area (Å²) in [5.41, 5.74) is 3.00. The van der Waals surface area contributed by atoms with Gasteiger partial charge in [-0.05, 0) is 55.3 Å². The zero-order valence-corrected chi connectivity index (χ0v) is 20.0. The Labute approximate surface area is 202 Å². The van der Waals surface area contributed by atoms with Crippen LogP contribution in [0, 0.1) is 0 Å². The van der Waals surface area contributed by atoms with Gasteiger partial charge in [0.15, 0.2) is 0 Å². The molecule has 0 amide bonds. The minimum atomic E-state index is -0.677. The average molecular weight is 478 g/mol. The molecule has 0 radical (unpaired) electrons. The van der Waals surface area contributed by atoms with Crippen molar-refractivity contribution in [1.82, 2.24) is 4.98 Å². The fraction of sp³-hybridized carbons (Fsp3) is 0.333. The highest BCUT2D eigenvalue weighted by Crippen LogP contribution is 2.47. The van der Waals surface area contributed by atoms with E-state index in [0.29, 0.717) is 12.3 Å². The Balaban J connectivity index is 1.64. The minimum Gasteiger partial charge on any atom is -0.497 e. The van der Waals surface area contributed by atoms with Gasteiger partial charge in [0.25, 0.3) is 0 Å². The van der Waals surface area contributed by atoms with Crippen LogP contribution in [0.3, 0.4) is 0 Å². The summed E-state index contributed by atoms with van der Waals surface area (Å²) in [6.07, 6.45) is 5.41. The lowest BCUT2D eigenvalue weighted by Crippen LogP contribution is -2.31. The quantitative estimate of drug-likeness (QED) is 0.459. The van der Waals surface area contributed by atoms with Gasteiger partial charge in [0, 0.05) is 33.1 Å². The summed E-state index contributed by atoms with van der Waals surface area (Å²) < 4.78 is 16.4. The zero-order chi connectivity index (χ0) is 23.7. The van der Waals surface area contributed by atoms with Crippen LogP contribution in [0.15, 0.2) is 58.3 Å². The summed E-state index contributed by atoms with van der Waals surface area (Å²) in [6, 6.07) is 13.9. The highest BCUT2D eigenvalue weighted by Gasteiger charge is 2.30. The number of fused-ring (bicyclic) bond motifs is 1. The highest BCUT2D eigenvalue weighted by molar-refractivity contribution is 7.99. The Hall–Kier alpha value is -3.03. The molecule has 7 heteroatoms. The van der Waals surface area contributed by atoms with Crippen LogP contribution in [-0.4, -0.2) is 42.5 Å². The molecule has 1 saturated carbocycles. The Bertz CT molecular complexity index is 1250. The molecule has 176 valence electrons. The predicted octanol–water partition coefficient (Wildman–Crippen LogP) is 5.36. The Morgan fingerprint density at radius 2 is 1.91 bits per heavy atom. The number of aliphatic hydroxyl groups excluding tert-OH is 1. The lowest BCUT2D eigenvalue weighted by Gasteiger charge is -2.23. The number of hydrogen-bond acceptors (Lipinski definition) is 7. The smallest absolute Gasteiger partial charge is 0.309 e. The van der Waals surface area contributed by atoms with E-state index in [0.717, 1.165) is 56.3 Å². The summed E-state index contributed by atoms with van der Waals surface area (Å²) in [7, 11) is 3.32. The number of aromatic nitrogens is 1. The van der Waals surface area contributed by atoms with E-state index in [1.165, 1.54) is 0 Å². The van der Waals surface area contributed by atoms with Gasteiger partial charge >= 0.3 is 5.97 Å². The van der Waals surface area contributed by atoms with Crippen LogP contribution in [0.2, 0.25) is 0 Å². The van der Waals surface area contributed by atoms with Crippen molar-refractivity contribution in [1.29, 1.82) is 0 Å². The second-order valence-electron chi connectivity index (χ2n) is 8.66. The number of carbonyl (C=O) groups excluding carboxylic acids is 1. The number of esters is 1. The lowest BCUT2D eigenvalue weighted by atomic mass is 10.0. The third-order valence-corrected chi connectivity index (χ3v) is 7.24. The molecule has 34 heavy (non-hydrogen) atoms. The maximum Gasteiger partial charge on any atom is 0.309 e. The number of rotatable bonds is 7. The van der Waals surface area contributed by atoms with Crippen molar-refractivity contribution in [3.8, 4) is 11.5 Å². The van der Waals surface area contributed by atoms with Crippen molar-refractivity contribution < 1.29 is 24.1 Å². The third kappa shape index (κ3) is 4.91. The Morgan fingerprint density at radius 3 is 2.65 bits per heavy atom. The van der Waals surface area contributed by atoms with E-state index in [1.807, 2.05) is 48.6 Å². The molecule has 3 aromatic rings. The van der Waals surface area contributed by atoms with Crippen molar-refractivity contribution in [2.24, 2.45) is 0 Å². The monoisotopic (exact) mass is 477 g/mol. The maximum absolute atomic E-state index is 11.8. The van der Waals surface area contributed by atoms with Crippen molar-refractivity contribution in [3.05, 3.63) is 59.8 Å². The molecule has 1 aliphatic carbocycles. The number of aliphatic hydroxyl groups is 1. The van der Waals surface area contributed by atoms with Gasteiger partial charge in [-0.3, -0.25) is 9.78 Å². The minimum absolute atomic E-state index is 0.0476. The number of ether oxygens (including phenoxy) is 3. The van der Waals surface area contributed by atoms with E-state index in [4.69, 9.17) is 19.2 Å². The summed E-state index contributed by atoms with van der Waals surface area (Å²) in [6.45, 7) is 0. The fourth-order valence-electron chi connectivity index (χ4n) is 4.22. The topological polar surface area (TPSA) is 77.9 Å². The van der Waals surface area contributed by atoms with Gasteiger partial charge in [-0.2, -0.15) is 0 Å². The average Bonchev–Trinajstić information content (AvgIpc) is 3.68. The van der Waals surface area contributed by atoms with Gasteiger partial charge in [0.1, 0.15) is 17.6 Å². The Morgan fingerprint density at radius 1 is 1.12 bits per heavy atom. The molecule has 1 aromatic heterocycles. The van der Waals surface area contributed by atoms with Gasteiger partial charge in [-0.15, -0.1) is 0 Å². The van der Waals surface area contributed by atoms with Gasteiger partial charge in [0.2, 0.25) is 0 Å². The third-order valence-electron chi connectivity index (χ3n) is 6.10. The van der Waals surface area contributed by atoms with Gasteiger partial charge in [-0.1, -0.05) is 23.9 Å². The molecule has 1 saturated heterocycles. The second-order valence-corrected chi connectivity index (χ2v) is 9.74. The van der Waals surface area contributed by atoms with Crippen LogP contribution in [0.4, 0.5) is 0 Å². The van der Waals surface area contributed by atoms with E-state index in [1.54, 1.807) is 26.0 Å². The highest BCUT2D eigenvalue weighted by atomic mass is 32.2. The van der Waals surface area contributed by atoms with Crippen LogP contribution in [0.5, 0.6) is 11.5 Å². The maximum atomic E-state index is 11.8. The van der Waals surface area contributed by atoms with Crippen molar-refractivity contribution in [2.75, 3.05) is 14.2 Å². The number of cyclic esters (lactones) is 1. The van der Waals surface area contributed by atoms with Gasteiger partial charge < -0.3 is 19.3 Å². The first-order valence-electron chi connectivity index (χ1n) is 11.4. The van der Waals surface area contributed by atoms with Crippen LogP contribution in [-0.2, 0) is 9.53 Å². The van der Waals surface area contributed by atoms with Gasteiger partial charge in [-0.25, -0.2) is 0 Å². The number of pyridine rings is 1. The largest absolute Gasteiger partial charge is 0.497 e. The molecule has 2 atom stereocenters. The zero-order valence-electron chi connectivity index (χ0n) is 19.2. The summed E-state index contributed by atoms with van der Waals surface area (Å²) >= 11 is 1.66. The summed E-state index contributed by atoms with van der Waals surface area (Å²) in [5, 5.41) is 11.0. The van der Waals surface area contributed by atoms with Crippen LogP contribution in [0.1, 0.15) is 42.9 Å². The first-order valence-corrected chi connectivity index (χ1v) is 12.2. The SMILES string of the molecule is COc1cccc(Sc2c(/C=C/[C@@H]3C[C@@H](O)CC(=O)O3)c(C3CC3)nc3ccc(OC)cc23)c1. The molecule has 0 spiro atoms. The molecule has 6 nitrogen and oxygen atoms in total. The fourth-order valence-corrected chi connectivity index (χ4v) is 5.34. The summed E-state index contributed by atoms with van der Waals surface area (Å²) in [4.78, 5) is 19.0. The van der Waals surface area contributed by atoms with Crippen molar-refractivity contribution >= 4 is 34.7 Å². The number of carbonyl (C=O) groups is 1. The lowest BCUT2D eigenvalue weighted by molar-refractivity contribution is -0.156. The molecule has 0 unspecified atom stereocenters. The molecular weight excluding hydrogens is 450 g/mol. The second kappa shape index (κ2) is 9.68. The van der Waals surface area contributed by atoms with Crippen LogP contribution in [0.25, 0.3) is 17.0 Å². The Kier molecular flexibility index (Phi) is 6.48. The number of nitrogens with zero attached hydrogens (tertiary/aromatic N) is 1. The molecule has 0 bridgehead atoms. The van der Waals surface area contributed by atoms with Crippen LogP contribution < -0.4 is 9.47 Å². The normalized spacial score (nSPS) is 20.5. The first-order chi connectivity index (χ1) is 16.5.